The highest BCUT2D eigenvalue weighted by molar-refractivity contribution is 5.75. The summed E-state index contributed by atoms with van der Waals surface area (Å²) in [6.07, 6.45) is 9.68. The second-order valence-electron chi connectivity index (χ2n) is 2.29. The third-order valence-corrected chi connectivity index (χ3v) is 1.21. The van der Waals surface area contributed by atoms with E-state index < -0.39 is 0 Å². The van der Waals surface area contributed by atoms with E-state index in [0.29, 0.717) is 5.69 Å². The van der Waals surface area contributed by atoms with Crippen molar-refractivity contribution in [2.24, 2.45) is 5.16 Å². The van der Waals surface area contributed by atoms with E-state index in [2.05, 4.69) is 25.9 Å². The third kappa shape index (κ3) is 3.34. The summed E-state index contributed by atoms with van der Waals surface area (Å²) in [4.78, 5) is 12.7. The number of hydrogen-bond acceptors (Lipinski definition) is 4. The first kappa shape index (κ1) is 9.20. The van der Waals surface area contributed by atoms with Crippen LogP contribution in [0.4, 0.5) is 0 Å². The van der Waals surface area contributed by atoms with Gasteiger partial charge in [0.1, 0.15) is 5.69 Å². The van der Waals surface area contributed by atoms with Gasteiger partial charge in [0.05, 0.1) is 18.1 Å². The maximum Gasteiger partial charge on any atom is 0.177 e. The van der Waals surface area contributed by atoms with Crippen LogP contribution in [0.5, 0.6) is 0 Å². The summed E-state index contributed by atoms with van der Waals surface area (Å²) in [5.41, 5.74) is 1.50. The molecule has 0 spiro atoms. The Morgan fingerprint density at radius 2 is 2.46 bits per heavy atom. The molecule has 0 N–H and O–H groups in total. The van der Waals surface area contributed by atoms with Crippen molar-refractivity contribution in [2.75, 3.05) is 6.61 Å². The summed E-state index contributed by atoms with van der Waals surface area (Å²) >= 11 is 0. The molecule has 66 valence electrons. The van der Waals surface area contributed by atoms with Crippen LogP contribution in [-0.4, -0.2) is 22.8 Å². The van der Waals surface area contributed by atoms with E-state index in [4.69, 9.17) is 6.42 Å². The molecule has 0 saturated carbocycles. The van der Waals surface area contributed by atoms with Crippen molar-refractivity contribution in [3.63, 3.8) is 0 Å². The van der Waals surface area contributed by atoms with Crippen molar-refractivity contribution in [1.29, 1.82) is 0 Å². The van der Waals surface area contributed by atoms with E-state index >= 15 is 0 Å². The van der Waals surface area contributed by atoms with Crippen molar-refractivity contribution in [1.82, 2.24) is 9.97 Å². The van der Waals surface area contributed by atoms with Gasteiger partial charge in [0.15, 0.2) is 6.61 Å². The smallest absolute Gasteiger partial charge is 0.177 e. The van der Waals surface area contributed by atoms with Gasteiger partial charge in [-0.2, -0.15) is 0 Å². The average molecular weight is 175 g/mol. The lowest BCUT2D eigenvalue weighted by atomic mass is 10.4. The van der Waals surface area contributed by atoms with Crippen molar-refractivity contribution < 1.29 is 4.84 Å². The van der Waals surface area contributed by atoms with Crippen molar-refractivity contribution in [3.8, 4) is 12.3 Å². The maximum atomic E-state index is 4.95. The zero-order valence-corrected chi connectivity index (χ0v) is 7.27. The van der Waals surface area contributed by atoms with Crippen molar-refractivity contribution in [2.45, 2.75) is 6.92 Å². The predicted octanol–water partition coefficient (Wildman–Crippen LogP) is 0.769. The minimum absolute atomic E-state index is 0.162. The summed E-state index contributed by atoms with van der Waals surface area (Å²) < 4.78 is 0. The highest BCUT2D eigenvalue weighted by Gasteiger charge is 1.89. The Morgan fingerprint density at radius 1 is 1.62 bits per heavy atom. The van der Waals surface area contributed by atoms with Crippen LogP contribution in [0.25, 0.3) is 0 Å². The van der Waals surface area contributed by atoms with Crippen LogP contribution >= 0.6 is 0 Å². The van der Waals surface area contributed by atoms with Gasteiger partial charge in [0, 0.05) is 6.20 Å². The number of aryl methyl sites for hydroxylation is 1. The zero-order valence-electron chi connectivity index (χ0n) is 7.27. The van der Waals surface area contributed by atoms with Gasteiger partial charge in [0.25, 0.3) is 0 Å². The molecule has 0 saturated heterocycles. The lowest BCUT2D eigenvalue weighted by Gasteiger charge is -1.92. The Balaban J connectivity index is 2.50. The van der Waals surface area contributed by atoms with E-state index in [0.717, 1.165) is 5.69 Å². The van der Waals surface area contributed by atoms with E-state index in [1.54, 1.807) is 12.4 Å². The molecule has 4 nitrogen and oxygen atoms in total. The molecular weight excluding hydrogens is 166 g/mol. The Morgan fingerprint density at radius 3 is 3.08 bits per heavy atom. The fraction of sp³-hybridized carbons (Fsp3) is 0.222. The Kier molecular flexibility index (Phi) is 3.45. The van der Waals surface area contributed by atoms with E-state index in [-0.39, 0.29) is 6.61 Å². The monoisotopic (exact) mass is 175 g/mol. The number of oxime groups is 1. The Labute approximate surface area is 76.7 Å². The molecule has 0 aliphatic heterocycles. The minimum atomic E-state index is 0.162. The first-order valence-corrected chi connectivity index (χ1v) is 3.70. The highest BCUT2D eigenvalue weighted by Crippen LogP contribution is 1.90. The lowest BCUT2D eigenvalue weighted by Crippen LogP contribution is -1.92. The molecule has 4 heteroatoms. The maximum absolute atomic E-state index is 4.95. The van der Waals surface area contributed by atoms with E-state index in [1.165, 1.54) is 6.21 Å². The second-order valence-corrected chi connectivity index (χ2v) is 2.29. The zero-order chi connectivity index (χ0) is 9.52. The molecule has 0 atom stereocenters. The van der Waals surface area contributed by atoms with Gasteiger partial charge in [-0.15, -0.1) is 6.42 Å². The largest absolute Gasteiger partial charge is 0.383 e. The fourth-order valence-corrected chi connectivity index (χ4v) is 0.635. The van der Waals surface area contributed by atoms with Crippen molar-refractivity contribution >= 4 is 6.21 Å². The molecule has 0 unspecified atom stereocenters. The Hall–Kier alpha value is -1.89. The SMILES string of the molecule is C#CCO/N=C/c1cnc(C)cn1. The molecule has 1 aromatic heterocycles. The number of hydrogen-bond donors (Lipinski definition) is 0. The molecule has 0 aliphatic carbocycles. The fourth-order valence-electron chi connectivity index (χ4n) is 0.635. The number of terminal acetylenes is 1. The molecule has 1 heterocycles. The predicted molar refractivity (Wildman–Crippen MR) is 49.1 cm³/mol. The molecule has 1 rings (SSSR count). The van der Waals surface area contributed by atoms with Gasteiger partial charge in [-0.3, -0.25) is 9.97 Å². The summed E-state index contributed by atoms with van der Waals surface area (Å²) in [7, 11) is 0. The van der Waals surface area contributed by atoms with Crippen LogP contribution in [0.15, 0.2) is 17.5 Å². The van der Waals surface area contributed by atoms with Crippen LogP contribution < -0.4 is 0 Å². The van der Waals surface area contributed by atoms with Crippen LogP contribution in [0.3, 0.4) is 0 Å². The van der Waals surface area contributed by atoms with Gasteiger partial charge in [-0.1, -0.05) is 11.1 Å². The molecule has 0 amide bonds. The quantitative estimate of drug-likeness (QED) is 0.295. The number of rotatable bonds is 3. The van der Waals surface area contributed by atoms with E-state index in [9.17, 15) is 0 Å². The minimum Gasteiger partial charge on any atom is -0.383 e. The summed E-state index contributed by atoms with van der Waals surface area (Å²) in [5.74, 6) is 2.29. The highest BCUT2D eigenvalue weighted by atomic mass is 16.6. The van der Waals surface area contributed by atoms with Gasteiger partial charge < -0.3 is 4.84 Å². The number of nitrogens with zero attached hydrogens (tertiary/aromatic N) is 3. The van der Waals surface area contributed by atoms with Crippen LogP contribution in [0, 0.1) is 19.3 Å². The molecule has 0 radical (unpaired) electrons. The third-order valence-electron chi connectivity index (χ3n) is 1.21. The molecule has 0 aliphatic rings. The standard InChI is InChI=1S/C9H9N3O/c1-3-4-13-12-7-9-6-10-8(2)5-11-9/h1,5-7H,4H2,2H3/b12-7+. The van der Waals surface area contributed by atoms with Crippen LogP contribution in [-0.2, 0) is 4.84 Å². The normalized spacial score (nSPS) is 9.85. The van der Waals surface area contributed by atoms with E-state index in [1.807, 2.05) is 6.92 Å². The first-order chi connectivity index (χ1) is 6.33. The summed E-state index contributed by atoms with van der Waals surface area (Å²) in [5, 5.41) is 3.59. The van der Waals surface area contributed by atoms with Crippen LogP contribution in [0.2, 0.25) is 0 Å². The summed E-state index contributed by atoms with van der Waals surface area (Å²) in [6.45, 7) is 2.03. The van der Waals surface area contributed by atoms with Gasteiger partial charge in [-0.05, 0) is 6.92 Å². The topological polar surface area (TPSA) is 47.4 Å². The van der Waals surface area contributed by atoms with Gasteiger partial charge in [0.2, 0.25) is 0 Å². The van der Waals surface area contributed by atoms with Crippen LogP contribution in [0.1, 0.15) is 11.4 Å². The lowest BCUT2D eigenvalue weighted by molar-refractivity contribution is 0.181. The first-order valence-electron chi connectivity index (χ1n) is 3.70. The van der Waals surface area contributed by atoms with Crippen molar-refractivity contribution in [3.05, 3.63) is 23.8 Å². The molecular formula is C9H9N3O. The second kappa shape index (κ2) is 4.88. The Bertz CT molecular complexity index is 324. The molecule has 0 fully saturated rings. The van der Waals surface area contributed by atoms with Gasteiger partial charge in [-0.25, -0.2) is 0 Å². The summed E-state index contributed by atoms with van der Waals surface area (Å²) in [6, 6.07) is 0. The molecule has 0 aromatic carbocycles. The molecule has 13 heavy (non-hydrogen) atoms. The van der Waals surface area contributed by atoms with Gasteiger partial charge >= 0.3 is 0 Å². The number of aromatic nitrogens is 2. The average Bonchev–Trinajstić information content (AvgIpc) is 2.15. The molecule has 0 bridgehead atoms. The molecule has 1 aromatic rings.